The molecule has 5 amide bonds. The van der Waals surface area contributed by atoms with Gasteiger partial charge in [0.2, 0.25) is 11.8 Å². The number of nitrogens with zero attached hydrogens (tertiary/aromatic N) is 3. The van der Waals surface area contributed by atoms with Crippen molar-refractivity contribution >= 4 is 29.7 Å². The molecule has 0 saturated carbocycles. The third kappa shape index (κ3) is 4.78. The number of allylic oxidation sites excluding steroid dienone is 1. The maximum absolute atomic E-state index is 13.5. The average molecular weight is 513 g/mol. The number of amides is 5. The minimum absolute atomic E-state index is 0.112. The van der Waals surface area contributed by atoms with Gasteiger partial charge in [-0.3, -0.25) is 29.4 Å². The molecule has 1 spiro atoms. The predicted octanol–water partition coefficient (Wildman–Crippen LogP) is 2.25. The summed E-state index contributed by atoms with van der Waals surface area (Å²) < 4.78 is 5.53. The number of hydrogen-bond acceptors (Lipinski definition) is 7. The van der Waals surface area contributed by atoms with Crippen LogP contribution in [0, 0.1) is 5.41 Å². The normalized spacial score (nSPS) is 26.4. The van der Waals surface area contributed by atoms with Gasteiger partial charge in [0, 0.05) is 43.9 Å². The molecule has 1 aliphatic carbocycles. The molecule has 4 aliphatic heterocycles. The van der Waals surface area contributed by atoms with E-state index in [1.54, 1.807) is 4.90 Å². The van der Waals surface area contributed by atoms with Gasteiger partial charge in [-0.2, -0.15) is 0 Å². The number of imide groups is 2. The van der Waals surface area contributed by atoms with Crippen LogP contribution >= 0.6 is 0 Å². The van der Waals surface area contributed by atoms with Crippen LogP contribution in [0.1, 0.15) is 72.1 Å². The van der Waals surface area contributed by atoms with E-state index in [0.717, 1.165) is 49.4 Å². The Balaban J connectivity index is 1.23. The Hall–Kier alpha value is -3.17. The van der Waals surface area contributed by atoms with Gasteiger partial charge < -0.3 is 14.5 Å². The smallest absolute Gasteiger partial charge is 0.410 e. The molecule has 0 radical (unpaired) electrons. The maximum Gasteiger partial charge on any atom is 0.410 e. The zero-order valence-electron chi connectivity index (χ0n) is 21.9. The van der Waals surface area contributed by atoms with E-state index in [2.05, 4.69) is 10.2 Å². The van der Waals surface area contributed by atoms with Crippen molar-refractivity contribution in [2.45, 2.75) is 83.8 Å². The SMILES string of the molecule is CC(C)(C)OC(=O)N1CCC2(CC1)CCN(C1=CCCC3=C1C(=O)N(C1CCC(=O)NC1=O)C3=O)CC2. The van der Waals surface area contributed by atoms with E-state index in [0.29, 0.717) is 37.1 Å². The van der Waals surface area contributed by atoms with Gasteiger partial charge in [-0.05, 0) is 71.1 Å². The molecule has 3 fully saturated rings. The molecule has 10 heteroatoms. The van der Waals surface area contributed by atoms with E-state index in [1.165, 1.54) is 0 Å². The molecule has 0 bridgehead atoms. The second-order valence-electron chi connectivity index (χ2n) is 11.9. The van der Waals surface area contributed by atoms with E-state index >= 15 is 0 Å². The van der Waals surface area contributed by atoms with Crippen LogP contribution in [-0.2, 0) is 23.9 Å². The Morgan fingerprint density at radius 2 is 1.62 bits per heavy atom. The van der Waals surface area contributed by atoms with Gasteiger partial charge in [-0.1, -0.05) is 6.08 Å². The number of carbonyl (C=O) groups excluding carboxylic acids is 5. The van der Waals surface area contributed by atoms with Crippen LogP contribution in [0.5, 0.6) is 0 Å². The number of carbonyl (C=O) groups is 5. The first-order valence-electron chi connectivity index (χ1n) is 13.4. The van der Waals surface area contributed by atoms with Crippen molar-refractivity contribution in [3.05, 3.63) is 22.9 Å². The van der Waals surface area contributed by atoms with E-state index in [-0.39, 0.29) is 30.3 Å². The lowest BCUT2D eigenvalue weighted by Gasteiger charge is -2.48. The minimum atomic E-state index is -0.940. The molecule has 200 valence electrons. The molecule has 10 nitrogen and oxygen atoms in total. The highest BCUT2D eigenvalue weighted by Crippen LogP contribution is 2.44. The van der Waals surface area contributed by atoms with Crippen LogP contribution in [0.15, 0.2) is 22.9 Å². The van der Waals surface area contributed by atoms with Crippen LogP contribution in [0.2, 0.25) is 0 Å². The lowest BCUT2D eigenvalue weighted by atomic mass is 9.71. The van der Waals surface area contributed by atoms with Crippen LogP contribution in [0.4, 0.5) is 4.79 Å². The molecule has 37 heavy (non-hydrogen) atoms. The van der Waals surface area contributed by atoms with E-state index < -0.39 is 29.4 Å². The zero-order chi connectivity index (χ0) is 26.5. The zero-order valence-corrected chi connectivity index (χ0v) is 21.9. The fraction of sp³-hybridized carbons (Fsp3) is 0.667. The Morgan fingerprint density at radius 1 is 0.973 bits per heavy atom. The number of likely N-dealkylation sites (tertiary alicyclic amines) is 2. The summed E-state index contributed by atoms with van der Waals surface area (Å²) in [5.41, 5.74) is 1.37. The van der Waals surface area contributed by atoms with E-state index in [9.17, 15) is 24.0 Å². The highest BCUT2D eigenvalue weighted by Gasteiger charge is 2.49. The predicted molar refractivity (Wildman–Crippen MR) is 133 cm³/mol. The van der Waals surface area contributed by atoms with Gasteiger partial charge in [0.15, 0.2) is 0 Å². The van der Waals surface area contributed by atoms with Crippen molar-refractivity contribution in [1.29, 1.82) is 0 Å². The molecule has 1 atom stereocenters. The summed E-state index contributed by atoms with van der Waals surface area (Å²) in [6.07, 6.45) is 6.96. The monoisotopic (exact) mass is 512 g/mol. The average Bonchev–Trinajstić information content (AvgIpc) is 3.09. The highest BCUT2D eigenvalue weighted by molar-refractivity contribution is 6.23. The van der Waals surface area contributed by atoms with Gasteiger partial charge in [0.1, 0.15) is 11.6 Å². The fourth-order valence-electron chi connectivity index (χ4n) is 6.26. The number of rotatable bonds is 2. The third-order valence-corrected chi connectivity index (χ3v) is 8.36. The standard InChI is InChI=1S/C27H36N4O6/c1-26(2,3)37-25(36)30-15-11-27(12-16-30)9-13-29(14-10-27)18-6-4-5-17-21(18)24(35)31(23(17)34)19-7-8-20(32)28-22(19)33/h6,19H,4-5,7-16H2,1-3H3,(H,28,32,33). The molecular weight excluding hydrogens is 476 g/mol. The number of piperidine rings is 3. The highest BCUT2D eigenvalue weighted by atomic mass is 16.6. The van der Waals surface area contributed by atoms with Crippen molar-refractivity contribution in [1.82, 2.24) is 20.0 Å². The van der Waals surface area contributed by atoms with Crippen molar-refractivity contribution in [3.8, 4) is 0 Å². The first-order valence-corrected chi connectivity index (χ1v) is 13.4. The van der Waals surface area contributed by atoms with Crippen molar-refractivity contribution in [3.63, 3.8) is 0 Å². The van der Waals surface area contributed by atoms with E-state index in [1.807, 2.05) is 26.8 Å². The lowest BCUT2D eigenvalue weighted by molar-refractivity contribution is -0.150. The minimum Gasteiger partial charge on any atom is -0.444 e. The molecule has 4 heterocycles. The molecule has 1 unspecified atom stereocenters. The van der Waals surface area contributed by atoms with Crippen molar-refractivity contribution < 1.29 is 28.7 Å². The molecule has 5 rings (SSSR count). The molecule has 0 aromatic heterocycles. The van der Waals surface area contributed by atoms with Gasteiger partial charge in [-0.25, -0.2) is 4.79 Å². The van der Waals surface area contributed by atoms with Crippen LogP contribution < -0.4 is 5.32 Å². The second kappa shape index (κ2) is 9.29. The number of nitrogens with one attached hydrogen (secondary N) is 1. The third-order valence-electron chi connectivity index (χ3n) is 8.36. The van der Waals surface area contributed by atoms with Gasteiger partial charge in [0.05, 0.1) is 5.57 Å². The molecule has 5 aliphatic rings. The Labute approximate surface area is 217 Å². The number of ether oxygens (including phenoxy) is 1. The van der Waals surface area contributed by atoms with Gasteiger partial charge >= 0.3 is 6.09 Å². The first-order chi connectivity index (χ1) is 17.5. The van der Waals surface area contributed by atoms with Crippen LogP contribution in [-0.4, -0.2) is 82.2 Å². The summed E-state index contributed by atoms with van der Waals surface area (Å²) in [6, 6.07) is -0.940. The van der Waals surface area contributed by atoms with Gasteiger partial charge in [-0.15, -0.1) is 0 Å². The largest absolute Gasteiger partial charge is 0.444 e. The molecule has 3 saturated heterocycles. The Bertz CT molecular complexity index is 1100. The topological polar surface area (TPSA) is 116 Å². The Morgan fingerprint density at radius 3 is 2.24 bits per heavy atom. The summed E-state index contributed by atoms with van der Waals surface area (Å²) in [4.78, 5) is 68.2. The molecule has 0 aromatic carbocycles. The van der Waals surface area contributed by atoms with Crippen molar-refractivity contribution in [2.75, 3.05) is 26.2 Å². The number of hydrogen-bond donors (Lipinski definition) is 1. The summed E-state index contributed by atoms with van der Waals surface area (Å²) in [5.74, 6) is -1.78. The quantitative estimate of drug-likeness (QED) is 0.564. The Kier molecular flexibility index (Phi) is 6.40. The van der Waals surface area contributed by atoms with Crippen molar-refractivity contribution in [2.24, 2.45) is 5.41 Å². The maximum atomic E-state index is 13.5. The molecule has 0 aromatic rings. The fourth-order valence-corrected chi connectivity index (χ4v) is 6.26. The van der Waals surface area contributed by atoms with Crippen LogP contribution in [0.3, 0.4) is 0 Å². The van der Waals surface area contributed by atoms with Gasteiger partial charge in [0.25, 0.3) is 11.8 Å². The second-order valence-corrected chi connectivity index (χ2v) is 11.9. The lowest BCUT2D eigenvalue weighted by Crippen LogP contribution is -2.55. The summed E-state index contributed by atoms with van der Waals surface area (Å²) in [7, 11) is 0. The van der Waals surface area contributed by atoms with Crippen LogP contribution in [0.25, 0.3) is 0 Å². The molecule has 1 N–H and O–H groups in total. The van der Waals surface area contributed by atoms with E-state index in [4.69, 9.17) is 4.74 Å². The summed E-state index contributed by atoms with van der Waals surface area (Å²) >= 11 is 0. The summed E-state index contributed by atoms with van der Waals surface area (Å²) in [5, 5.41) is 2.26. The summed E-state index contributed by atoms with van der Waals surface area (Å²) in [6.45, 7) is 8.53. The molecular formula is C27H36N4O6. The first kappa shape index (κ1) is 25.5.